The number of carboxylic acid groups (broad SMARTS) is 2. The zero-order valence-corrected chi connectivity index (χ0v) is 12.8. The Bertz CT molecular complexity index is 431. The van der Waals surface area contributed by atoms with Crippen LogP contribution in [0.15, 0.2) is 18.2 Å². The van der Waals surface area contributed by atoms with E-state index in [2.05, 4.69) is 0 Å². The number of aliphatic hydroxyl groups is 2. The summed E-state index contributed by atoms with van der Waals surface area (Å²) in [6.45, 7) is 2.09. The minimum Gasteiger partial charge on any atom is -0.478 e. The van der Waals surface area contributed by atoms with Gasteiger partial charge >= 0.3 is 11.9 Å². The minimum atomic E-state index is -1.11. The van der Waals surface area contributed by atoms with Gasteiger partial charge in [0.2, 0.25) is 0 Å². The highest BCUT2D eigenvalue weighted by Crippen LogP contribution is 2.13. The van der Waals surface area contributed by atoms with Crippen molar-refractivity contribution in [1.29, 1.82) is 0 Å². The molecule has 0 unspecified atom stereocenters. The van der Waals surface area contributed by atoms with Crippen LogP contribution in [-0.2, 0) is 0 Å². The summed E-state index contributed by atoms with van der Waals surface area (Å²) in [7, 11) is 0. The normalized spacial score (nSPS) is 9.77. The van der Waals surface area contributed by atoms with Crippen LogP contribution in [-0.4, -0.2) is 45.6 Å². The molecule has 6 heteroatoms. The van der Waals surface area contributed by atoms with Crippen LogP contribution in [0.2, 0.25) is 0 Å². The molecule has 6 nitrogen and oxygen atoms in total. The molecule has 0 spiro atoms. The molecule has 0 aliphatic heterocycles. The summed E-state index contributed by atoms with van der Waals surface area (Å²) in [6.07, 6.45) is 5.14. The molecule has 22 heavy (non-hydrogen) atoms. The van der Waals surface area contributed by atoms with Gasteiger partial charge in [0.15, 0.2) is 0 Å². The van der Waals surface area contributed by atoms with Gasteiger partial charge in [-0.25, -0.2) is 9.59 Å². The number of hydrogen-bond donors (Lipinski definition) is 4. The maximum absolute atomic E-state index is 10.6. The number of carbonyl (C=O) groups is 2. The SMILES string of the molecule is Cc1c(C(=O)O)cccc1C(=O)O.OCCCCCCCO. The molecule has 0 atom stereocenters. The number of unbranched alkanes of at least 4 members (excludes halogenated alkanes) is 4. The van der Waals surface area contributed by atoms with E-state index >= 15 is 0 Å². The Morgan fingerprint density at radius 3 is 1.50 bits per heavy atom. The van der Waals surface area contributed by atoms with E-state index in [0.29, 0.717) is 13.2 Å². The van der Waals surface area contributed by atoms with Crippen molar-refractivity contribution in [2.24, 2.45) is 0 Å². The number of hydrogen-bond acceptors (Lipinski definition) is 4. The van der Waals surface area contributed by atoms with Gasteiger partial charge in [0, 0.05) is 13.2 Å². The van der Waals surface area contributed by atoms with Crippen LogP contribution in [0, 0.1) is 6.92 Å². The van der Waals surface area contributed by atoms with Crippen molar-refractivity contribution in [2.75, 3.05) is 13.2 Å². The second-order valence-electron chi connectivity index (χ2n) is 4.80. The van der Waals surface area contributed by atoms with Crippen LogP contribution in [0.4, 0.5) is 0 Å². The Morgan fingerprint density at radius 1 is 0.818 bits per heavy atom. The standard InChI is InChI=1S/C9H8O4.C7H16O2/c1-5-6(8(10)11)3-2-4-7(5)9(12)13;8-6-4-2-1-3-5-7-9/h2-4H,1H3,(H,10,11)(H,12,13);8-9H,1-7H2. The summed E-state index contributed by atoms with van der Waals surface area (Å²) in [6, 6.07) is 4.17. The van der Waals surface area contributed by atoms with Crippen molar-refractivity contribution in [1.82, 2.24) is 0 Å². The molecule has 0 heterocycles. The van der Waals surface area contributed by atoms with E-state index in [1.54, 1.807) is 0 Å². The van der Waals surface area contributed by atoms with Crippen LogP contribution in [0.1, 0.15) is 58.4 Å². The van der Waals surface area contributed by atoms with Gasteiger partial charge in [-0.1, -0.05) is 25.3 Å². The second kappa shape index (κ2) is 11.7. The smallest absolute Gasteiger partial charge is 0.335 e. The highest BCUT2D eigenvalue weighted by atomic mass is 16.4. The van der Waals surface area contributed by atoms with E-state index in [1.165, 1.54) is 25.1 Å². The Kier molecular flexibility index (Phi) is 10.7. The first-order valence-corrected chi connectivity index (χ1v) is 7.23. The summed E-state index contributed by atoms with van der Waals surface area (Å²) in [5.41, 5.74) is 0.335. The molecule has 0 saturated carbocycles. The van der Waals surface area contributed by atoms with Crippen LogP contribution in [0.25, 0.3) is 0 Å². The van der Waals surface area contributed by atoms with Gasteiger partial charge in [-0.05, 0) is 37.5 Å². The van der Waals surface area contributed by atoms with E-state index in [1.807, 2.05) is 0 Å². The summed E-state index contributed by atoms with van der Waals surface area (Å²) in [5.74, 6) is -2.22. The predicted octanol–water partition coefficient (Wildman–Crippen LogP) is 2.31. The molecule has 0 radical (unpaired) electrons. The van der Waals surface area contributed by atoms with Gasteiger partial charge in [-0.15, -0.1) is 0 Å². The van der Waals surface area contributed by atoms with Gasteiger partial charge in [0.1, 0.15) is 0 Å². The number of benzene rings is 1. The largest absolute Gasteiger partial charge is 0.478 e. The second-order valence-corrected chi connectivity index (χ2v) is 4.80. The number of aliphatic hydroxyl groups excluding tert-OH is 2. The highest BCUT2D eigenvalue weighted by Gasteiger charge is 2.13. The Labute approximate surface area is 130 Å². The molecule has 0 saturated heterocycles. The summed E-state index contributed by atoms with van der Waals surface area (Å²) in [5, 5.41) is 34.1. The van der Waals surface area contributed by atoms with Crippen molar-refractivity contribution >= 4 is 11.9 Å². The number of carboxylic acids is 2. The van der Waals surface area contributed by atoms with Crippen LogP contribution in [0.5, 0.6) is 0 Å². The monoisotopic (exact) mass is 312 g/mol. The summed E-state index contributed by atoms with van der Waals surface area (Å²) < 4.78 is 0. The zero-order chi connectivity index (χ0) is 17.0. The first-order chi connectivity index (χ1) is 10.5. The fourth-order valence-corrected chi connectivity index (χ4v) is 1.85. The van der Waals surface area contributed by atoms with Crippen LogP contribution in [0.3, 0.4) is 0 Å². The molecule has 0 aliphatic carbocycles. The van der Waals surface area contributed by atoms with Crippen LogP contribution >= 0.6 is 0 Å². The van der Waals surface area contributed by atoms with E-state index in [-0.39, 0.29) is 16.7 Å². The van der Waals surface area contributed by atoms with Crippen molar-refractivity contribution in [3.63, 3.8) is 0 Å². The topological polar surface area (TPSA) is 115 Å². The molecule has 1 aromatic carbocycles. The zero-order valence-electron chi connectivity index (χ0n) is 12.8. The quantitative estimate of drug-likeness (QED) is 0.548. The van der Waals surface area contributed by atoms with Gasteiger partial charge in [0.05, 0.1) is 11.1 Å². The lowest BCUT2D eigenvalue weighted by Gasteiger charge is -2.03. The van der Waals surface area contributed by atoms with E-state index in [0.717, 1.165) is 32.1 Å². The first-order valence-electron chi connectivity index (χ1n) is 7.23. The Balaban J connectivity index is 0.000000433. The van der Waals surface area contributed by atoms with Crippen molar-refractivity contribution in [3.05, 3.63) is 34.9 Å². The molecule has 0 aromatic heterocycles. The molecular formula is C16H24O6. The average molecular weight is 312 g/mol. The molecule has 0 bridgehead atoms. The third-order valence-corrected chi connectivity index (χ3v) is 3.11. The maximum atomic E-state index is 10.6. The molecule has 4 N–H and O–H groups in total. The molecule has 0 aliphatic rings. The summed E-state index contributed by atoms with van der Waals surface area (Å²) >= 11 is 0. The number of rotatable bonds is 8. The van der Waals surface area contributed by atoms with E-state index in [4.69, 9.17) is 20.4 Å². The molecular weight excluding hydrogens is 288 g/mol. The number of aromatic carboxylic acids is 2. The molecule has 0 amide bonds. The highest BCUT2D eigenvalue weighted by molar-refractivity contribution is 5.96. The fourth-order valence-electron chi connectivity index (χ4n) is 1.85. The van der Waals surface area contributed by atoms with Crippen molar-refractivity contribution in [3.8, 4) is 0 Å². The van der Waals surface area contributed by atoms with Crippen molar-refractivity contribution in [2.45, 2.75) is 39.0 Å². The minimum absolute atomic E-state index is 0.0277. The molecule has 1 rings (SSSR count). The third-order valence-electron chi connectivity index (χ3n) is 3.11. The van der Waals surface area contributed by atoms with Gasteiger partial charge in [-0.3, -0.25) is 0 Å². The lowest BCUT2D eigenvalue weighted by molar-refractivity contribution is 0.0696. The van der Waals surface area contributed by atoms with Crippen LogP contribution < -0.4 is 0 Å². The Hall–Kier alpha value is -1.92. The lowest BCUT2D eigenvalue weighted by Crippen LogP contribution is -2.06. The third kappa shape index (κ3) is 7.75. The summed E-state index contributed by atoms with van der Waals surface area (Å²) in [4.78, 5) is 21.2. The Morgan fingerprint density at radius 2 is 1.18 bits per heavy atom. The maximum Gasteiger partial charge on any atom is 0.335 e. The molecule has 0 fully saturated rings. The first kappa shape index (κ1) is 20.1. The molecule has 124 valence electrons. The molecule has 1 aromatic rings. The predicted molar refractivity (Wildman–Crippen MR) is 82.4 cm³/mol. The van der Waals surface area contributed by atoms with Gasteiger partial charge in [0.25, 0.3) is 0 Å². The fraction of sp³-hybridized carbons (Fsp3) is 0.500. The van der Waals surface area contributed by atoms with E-state index in [9.17, 15) is 9.59 Å². The van der Waals surface area contributed by atoms with E-state index < -0.39 is 11.9 Å². The van der Waals surface area contributed by atoms with Crippen molar-refractivity contribution < 1.29 is 30.0 Å². The average Bonchev–Trinajstić information content (AvgIpc) is 2.47. The van der Waals surface area contributed by atoms with Gasteiger partial charge in [-0.2, -0.15) is 0 Å². The van der Waals surface area contributed by atoms with Gasteiger partial charge < -0.3 is 20.4 Å². The lowest BCUT2D eigenvalue weighted by atomic mass is 10.0.